The lowest BCUT2D eigenvalue weighted by Gasteiger charge is -2.31. The molecule has 1 aromatic carbocycles. The quantitative estimate of drug-likeness (QED) is 0.903. The first-order valence-corrected chi connectivity index (χ1v) is 6.82. The molecule has 1 N–H and O–H groups in total. The number of nitrogens with zero attached hydrogens (tertiary/aromatic N) is 1. The summed E-state index contributed by atoms with van der Waals surface area (Å²) in [6.07, 6.45) is 1.36. The van der Waals surface area contributed by atoms with E-state index in [2.05, 4.69) is 10.1 Å². The molecule has 0 saturated carbocycles. The highest BCUT2D eigenvalue weighted by Gasteiger charge is 2.24. The first-order chi connectivity index (χ1) is 9.52. The second-order valence-corrected chi connectivity index (χ2v) is 5.21. The number of fused-ring (bicyclic) bond motifs is 1. The largest absolute Gasteiger partial charge is 0.453 e. The van der Waals surface area contributed by atoms with Crippen molar-refractivity contribution >= 4 is 23.4 Å². The molecule has 5 heteroatoms. The van der Waals surface area contributed by atoms with Crippen LogP contribution < -0.4 is 10.2 Å². The van der Waals surface area contributed by atoms with Crippen LogP contribution in [0.5, 0.6) is 0 Å². The Balaban J connectivity index is 2.26. The Hall–Kier alpha value is -2.04. The normalized spacial score (nSPS) is 13.9. The SMILES string of the molecule is COC(=O)Nc1ccc2c(c1)CCCN2C(=O)C(C)C. The van der Waals surface area contributed by atoms with Crippen LogP contribution in [0.4, 0.5) is 16.2 Å². The van der Waals surface area contributed by atoms with Crippen molar-refractivity contribution in [1.82, 2.24) is 0 Å². The molecular weight excluding hydrogens is 256 g/mol. The highest BCUT2D eigenvalue weighted by atomic mass is 16.5. The number of anilines is 2. The second-order valence-electron chi connectivity index (χ2n) is 5.21. The minimum absolute atomic E-state index is 0.0196. The average Bonchev–Trinajstić information content (AvgIpc) is 2.45. The van der Waals surface area contributed by atoms with E-state index in [1.165, 1.54) is 7.11 Å². The van der Waals surface area contributed by atoms with Crippen LogP contribution in [-0.4, -0.2) is 25.7 Å². The van der Waals surface area contributed by atoms with Crippen molar-refractivity contribution in [2.45, 2.75) is 26.7 Å². The molecule has 20 heavy (non-hydrogen) atoms. The number of nitrogens with one attached hydrogen (secondary N) is 1. The van der Waals surface area contributed by atoms with E-state index in [0.717, 1.165) is 30.6 Å². The molecule has 1 aromatic rings. The van der Waals surface area contributed by atoms with E-state index in [1.54, 1.807) is 6.07 Å². The zero-order chi connectivity index (χ0) is 14.7. The van der Waals surface area contributed by atoms with Gasteiger partial charge in [-0.15, -0.1) is 0 Å². The van der Waals surface area contributed by atoms with Gasteiger partial charge in [-0.05, 0) is 36.6 Å². The van der Waals surface area contributed by atoms with E-state index in [9.17, 15) is 9.59 Å². The fourth-order valence-electron chi connectivity index (χ4n) is 2.38. The van der Waals surface area contributed by atoms with Crippen molar-refractivity contribution < 1.29 is 14.3 Å². The van der Waals surface area contributed by atoms with E-state index < -0.39 is 6.09 Å². The van der Waals surface area contributed by atoms with E-state index in [4.69, 9.17) is 0 Å². The minimum Gasteiger partial charge on any atom is -0.453 e. The monoisotopic (exact) mass is 276 g/mol. The van der Waals surface area contributed by atoms with Crippen LogP contribution in [0.1, 0.15) is 25.8 Å². The topological polar surface area (TPSA) is 58.6 Å². The number of ether oxygens (including phenoxy) is 1. The van der Waals surface area contributed by atoms with Crippen molar-refractivity contribution in [3.8, 4) is 0 Å². The summed E-state index contributed by atoms with van der Waals surface area (Å²) >= 11 is 0. The third-order valence-corrected chi connectivity index (χ3v) is 3.39. The van der Waals surface area contributed by atoms with Crippen molar-refractivity contribution in [3.05, 3.63) is 23.8 Å². The Labute approximate surface area is 118 Å². The highest BCUT2D eigenvalue weighted by molar-refractivity contribution is 5.96. The lowest BCUT2D eigenvalue weighted by atomic mass is 9.99. The molecule has 1 aliphatic rings. The summed E-state index contributed by atoms with van der Waals surface area (Å²) in [4.78, 5) is 25.3. The molecule has 0 radical (unpaired) electrons. The Morgan fingerprint density at radius 1 is 1.35 bits per heavy atom. The zero-order valence-corrected chi connectivity index (χ0v) is 12.1. The highest BCUT2D eigenvalue weighted by Crippen LogP contribution is 2.30. The fraction of sp³-hybridized carbons (Fsp3) is 0.467. The van der Waals surface area contributed by atoms with Gasteiger partial charge in [0, 0.05) is 23.8 Å². The molecule has 1 aliphatic heterocycles. The predicted molar refractivity (Wildman–Crippen MR) is 78.0 cm³/mol. The molecule has 2 amide bonds. The molecule has 0 aromatic heterocycles. The van der Waals surface area contributed by atoms with Crippen molar-refractivity contribution in [3.63, 3.8) is 0 Å². The predicted octanol–water partition coefficient (Wildman–Crippen LogP) is 2.80. The minimum atomic E-state index is -0.490. The average molecular weight is 276 g/mol. The van der Waals surface area contributed by atoms with Gasteiger partial charge in [-0.25, -0.2) is 4.79 Å². The summed E-state index contributed by atoms with van der Waals surface area (Å²) in [5.74, 6) is 0.119. The number of carbonyl (C=O) groups is 2. The van der Waals surface area contributed by atoms with E-state index in [-0.39, 0.29) is 11.8 Å². The van der Waals surface area contributed by atoms with Crippen molar-refractivity contribution in [2.24, 2.45) is 5.92 Å². The standard InChI is InChI=1S/C15H20N2O3/c1-10(2)14(18)17-8-4-5-11-9-12(6-7-13(11)17)16-15(19)20-3/h6-7,9-10H,4-5,8H2,1-3H3,(H,16,19). The Morgan fingerprint density at radius 3 is 2.75 bits per heavy atom. The molecule has 0 aliphatic carbocycles. The summed E-state index contributed by atoms with van der Waals surface area (Å²) in [5.41, 5.74) is 2.72. The van der Waals surface area contributed by atoms with Gasteiger partial charge in [0.25, 0.3) is 0 Å². The smallest absolute Gasteiger partial charge is 0.411 e. The molecule has 0 saturated heterocycles. The number of aryl methyl sites for hydroxylation is 1. The van der Waals surface area contributed by atoms with Gasteiger partial charge in [0.05, 0.1) is 7.11 Å². The number of carbonyl (C=O) groups excluding carboxylic acids is 2. The maximum absolute atomic E-state index is 12.2. The van der Waals surface area contributed by atoms with Gasteiger partial charge < -0.3 is 9.64 Å². The third kappa shape index (κ3) is 2.92. The molecule has 0 spiro atoms. The van der Waals surface area contributed by atoms with Gasteiger partial charge in [-0.2, -0.15) is 0 Å². The molecule has 108 valence electrons. The molecule has 1 heterocycles. The summed E-state index contributed by atoms with van der Waals surface area (Å²) in [5, 5.41) is 2.64. The molecular formula is C15H20N2O3. The number of benzene rings is 1. The molecule has 0 atom stereocenters. The Morgan fingerprint density at radius 2 is 2.10 bits per heavy atom. The number of amides is 2. The molecule has 0 fully saturated rings. The third-order valence-electron chi connectivity index (χ3n) is 3.39. The van der Waals surface area contributed by atoms with Crippen LogP contribution >= 0.6 is 0 Å². The van der Waals surface area contributed by atoms with Gasteiger partial charge in [-0.3, -0.25) is 10.1 Å². The number of hydrogen-bond acceptors (Lipinski definition) is 3. The van der Waals surface area contributed by atoms with Crippen molar-refractivity contribution in [1.29, 1.82) is 0 Å². The van der Waals surface area contributed by atoms with E-state index in [1.807, 2.05) is 30.9 Å². The molecule has 2 rings (SSSR count). The number of methoxy groups -OCH3 is 1. The maximum Gasteiger partial charge on any atom is 0.411 e. The molecule has 0 bridgehead atoms. The first-order valence-electron chi connectivity index (χ1n) is 6.82. The number of hydrogen-bond donors (Lipinski definition) is 1. The van der Waals surface area contributed by atoms with Gasteiger partial charge >= 0.3 is 6.09 Å². The fourth-order valence-corrected chi connectivity index (χ4v) is 2.38. The summed E-state index contributed by atoms with van der Waals surface area (Å²) < 4.78 is 4.57. The summed E-state index contributed by atoms with van der Waals surface area (Å²) in [6.45, 7) is 4.57. The molecule has 5 nitrogen and oxygen atoms in total. The Bertz CT molecular complexity index is 526. The van der Waals surface area contributed by atoms with E-state index >= 15 is 0 Å². The van der Waals surface area contributed by atoms with Crippen LogP contribution in [0.2, 0.25) is 0 Å². The summed E-state index contributed by atoms with van der Waals surface area (Å²) in [7, 11) is 1.33. The van der Waals surface area contributed by atoms with Crippen LogP contribution in [0, 0.1) is 5.92 Å². The van der Waals surface area contributed by atoms with Crippen LogP contribution in [0.15, 0.2) is 18.2 Å². The lowest BCUT2D eigenvalue weighted by Crippen LogP contribution is -2.38. The maximum atomic E-state index is 12.2. The van der Waals surface area contributed by atoms with Gasteiger partial charge in [0.2, 0.25) is 5.91 Å². The Kier molecular flexibility index (Phi) is 4.27. The molecule has 0 unspecified atom stereocenters. The van der Waals surface area contributed by atoms with Gasteiger partial charge in [-0.1, -0.05) is 13.8 Å². The van der Waals surface area contributed by atoms with E-state index in [0.29, 0.717) is 5.69 Å². The van der Waals surface area contributed by atoms with Crippen LogP contribution in [0.25, 0.3) is 0 Å². The summed E-state index contributed by atoms with van der Waals surface area (Å²) in [6, 6.07) is 5.59. The van der Waals surface area contributed by atoms with Gasteiger partial charge in [0.15, 0.2) is 0 Å². The van der Waals surface area contributed by atoms with Crippen LogP contribution in [0.3, 0.4) is 0 Å². The number of rotatable bonds is 2. The van der Waals surface area contributed by atoms with Gasteiger partial charge in [0.1, 0.15) is 0 Å². The van der Waals surface area contributed by atoms with Crippen molar-refractivity contribution in [2.75, 3.05) is 23.9 Å². The first kappa shape index (κ1) is 14.4. The zero-order valence-electron chi connectivity index (χ0n) is 12.1. The lowest BCUT2D eigenvalue weighted by molar-refractivity contribution is -0.121. The van der Waals surface area contributed by atoms with Crippen LogP contribution in [-0.2, 0) is 16.0 Å². The second kappa shape index (κ2) is 5.94.